The summed E-state index contributed by atoms with van der Waals surface area (Å²) in [5.41, 5.74) is 2.92. The number of H-pyrrole nitrogens is 1. The molecule has 0 bridgehead atoms. The number of piperazine rings is 1. The predicted molar refractivity (Wildman–Crippen MR) is 133 cm³/mol. The quantitative estimate of drug-likeness (QED) is 0.466. The van der Waals surface area contributed by atoms with Crippen molar-refractivity contribution in [3.8, 4) is 0 Å². The molecule has 2 N–H and O–H groups in total. The van der Waals surface area contributed by atoms with E-state index in [0.29, 0.717) is 17.6 Å². The van der Waals surface area contributed by atoms with Crippen LogP contribution in [0.2, 0.25) is 0 Å². The highest BCUT2D eigenvalue weighted by Crippen LogP contribution is 2.16. The Morgan fingerprint density at radius 1 is 0.941 bits per heavy atom. The van der Waals surface area contributed by atoms with Crippen LogP contribution < -0.4 is 15.9 Å². The Kier molecular flexibility index (Phi) is 6.40. The van der Waals surface area contributed by atoms with Crippen molar-refractivity contribution < 1.29 is 4.79 Å². The molecule has 3 heterocycles. The van der Waals surface area contributed by atoms with Gasteiger partial charge in [-0.15, -0.1) is 0 Å². The maximum Gasteiger partial charge on any atom is 0.334 e. The number of imidazole rings is 1. The number of hydrogen-bond donors (Lipinski definition) is 2. The van der Waals surface area contributed by atoms with Crippen molar-refractivity contribution in [2.45, 2.75) is 13.0 Å². The van der Waals surface area contributed by atoms with Crippen molar-refractivity contribution in [2.75, 3.05) is 37.6 Å². The van der Waals surface area contributed by atoms with Crippen molar-refractivity contribution in [3.05, 3.63) is 94.5 Å². The summed E-state index contributed by atoms with van der Waals surface area (Å²) in [6.45, 7) is 5.16. The largest absolute Gasteiger partial charge is 0.354 e. The van der Waals surface area contributed by atoms with E-state index in [1.807, 2.05) is 66.9 Å². The average Bonchev–Trinajstić information content (AvgIpc) is 3.22. The van der Waals surface area contributed by atoms with E-state index in [2.05, 4.69) is 31.2 Å². The van der Waals surface area contributed by atoms with Gasteiger partial charge in [0.1, 0.15) is 5.82 Å². The zero-order valence-electron chi connectivity index (χ0n) is 19.0. The molecule has 0 radical (unpaired) electrons. The Morgan fingerprint density at radius 2 is 1.74 bits per heavy atom. The van der Waals surface area contributed by atoms with Crippen LogP contribution in [0.3, 0.4) is 0 Å². The second-order valence-electron chi connectivity index (χ2n) is 8.53. The summed E-state index contributed by atoms with van der Waals surface area (Å²) < 4.78 is 1.19. The number of aromatic amines is 1. The first-order valence-electron chi connectivity index (χ1n) is 11.6. The molecule has 1 saturated heterocycles. The van der Waals surface area contributed by atoms with Gasteiger partial charge in [-0.1, -0.05) is 42.5 Å². The molecule has 4 aromatic rings. The van der Waals surface area contributed by atoms with E-state index >= 15 is 0 Å². The molecule has 0 saturated carbocycles. The van der Waals surface area contributed by atoms with Crippen LogP contribution in [0.25, 0.3) is 11.0 Å². The van der Waals surface area contributed by atoms with E-state index in [1.165, 1.54) is 4.57 Å². The lowest BCUT2D eigenvalue weighted by Crippen LogP contribution is -2.47. The third-order valence-electron chi connectivity index (χ3n) is 6.30. The highest BCUT2D eigenvalue weighted by atomic mass is 16.2. The van der Waals surface area contributed by atoms with E-state index < -0.39 is 11.7 Å². The van der Waals surface area contributed by atoms with E-state index in [-0.39, 0.29) is 0 Å². The molecule has 34 heavy (non-hydrogen) atoms. The molecular formula is C26H28N6O2. The Labute approximate surface area is 197 Å². The first-order valence-corrected chi connectivity index (χ1v) is 11.6. The average molecular weight is 457 g/mol. The van der Waals surface area contributed by atoms with E-state index in [4.69, 9.17) is 0 Å². The van der Waals surface area contributed by atoms with Crippen molar-refractivity contribution in [1.82, 2.24) is 24.8 Å². The van der Waals surface area contributed by atoms with E-state index in [1.54, 1.807) is 0 Å². The molecule has 2 aromatic heterocycles. The minimum absolute atomic E-state index is 0.364. The summed E-state index contributed by atoms with van der Waals surface area (Å²) in [4.78, 5) is 37.3. The SMILES string of the molecule is O=C(NCc1ccccc1)n1c(=O)[nH]c2ccc(CCN3CCN(c4ccccn4)CC3)cc21. The lowest BCUT2D eigenvalue weighted by Gasteiger charge is -2.35. The lowest BCUT2D eigenvalue weighted by molar-refractivity contribution is 0.242. The van der Waals surface area contributed by atoms with Crippen LogP contribution in [0.5, 0.6) is 0 Å². The summed E-state index contributed by atoms with van der Waals surface area (Å²) in [7, 11) is 0. The van der Waals surface area contributed by atoms with Crippen LogP contribution in [0.15, 0.2) is 77.7 Å². The maximum atomic E-state index is 12.8. The van der Waals surface area contributed by atoms with Gasteiger partial charge in [-0.3, -0.25) is 4.90 Å². The molecule has 8 heteroatoms. The van der Waals surface area contributed by atoms with Crippen LogP contribution in [0, 0.1) is 0 Å². The molecule has 1 amide bonds. The number of fused-ring (bicyclic) bond motifs is 1. The summed E-state index contributed by atoms with van der Waals surface area (Å²) in [5, 5.41) is 2.84. The third-order valence-corrected chi connectivity index (χ3v) is 6.30. The number of rotatable bonds is 6. The lowest BCUT2D eigenvalue weighted by atomic mass is 10.1. The fourth-order valence-electron chi connectivity index (χ4n) is 4.39. The number of anilines is 1. The predicted octanol–water partition coefficient (Wildman–Crippen LogP) is 2.85. The van der Waals surface area contributed by atoms with Crippen LogP contribution in [0.1, 0.15) is 11.1 Å². The van der Waals surface area contributed by atoms with Crippen LogP contribution in [-0.4, -0.2) is 58.2 Å². The van der Waals surface area contributed by atoms with Gasteiger partial charge < -0.3 is 15.2 Å². The summed E-state index contributed by atoms with van der Waals surface area (Å²) in [6, 6.07) is 21.1. The van der Waals surface area contributed by atoms with Gasteiger partial charge in [0.2, 0.25) is 0 Å². The number of carbonyl (C=O) groups excluding carboxylic acids is 1. The maximum absolute atomic E-state index is 12.8. The third kappa shape index (κ3) is 4.87. The van der Waals surface area contributed by atoms with Crippen molar-refractivity contribution in [1.29, 1.82) is 0 Å². The van der Waals surface area contributed by atoms with Gasteiger partial charge in [0, 0.05) is 45.5 Å². The highest BCUT2D eigenvalue weighted by Gasteiger charge is 2.18. The zero-order chi connectivity index (χ0) is 23.3. The minimum atomic E-state index is -0.428. The molecule has 174 valence electrons. The molecule has 0 unspecified atom stereocenters. The number of nitrogens with one attached hydrogen (secondary N) is 2. The molecule has 2 aromatic carbocycles. The Morgan fingerprint density at radius 3 is 2.50 bits per heavy atom. The number of nitrogens with zero attached hydrogens (tertiary/aromatic N) is 4. The Hall–Kier alpha value is -3.91. The molecule has 1 fully saturated rings. The Bertz CT molecular complexity index is 1310. The van der Waals surface area contributed by atoms with Crippen molar-refractivity contribution in [2.24, 2.45) is 0 Å². The standard InChI is InChI=1S/C26H28N6O2/c33-25(28-19-21-6-2-1-3-7-21)32-23-18-20(9-10-22(23)29-26(32)34)11-13-30-14-16-31(17-15-30)24-8-4-5-12-27-24/h1-10,12,18H,11,13-17,19H2,(H,28,33)(H,29,34). The zero-order valence-corrected chi connectivity index (χ0v) is 19.0. The number of amides is 1. The second kappa shape index (κ2) is 9.93. The van der Waals surface area contributed by atoms with Gasteiger partial charge in [0.15, 0.2) is 0 Å². The molecule has 0 aliphatic carbocycles. The number of pyridine rings is 1. The van der Waals surface area contributed by atoms with Gasteiger partial charge in [-0.25, -0.2) is 19.1 Å². The smallest absolute Gasteiger partial charge is 0.334 e. The van der Waals surface area contributed by atoms with E-state index in [9.17, 15) is 9.59 Å². The molecule has 1 aliphatic heterocycles. The van der Waals surface area contributed by atoms with Crippen molar-refractivity contribution >= 4 is 22.9 Å². The molecule has 5 rings (SSSR count). The van der Waals surface area contributed by atoms with Crippen molar-refractivity contribution in [3.63, 3.8) is 0 Å². The summed E-state index contributed by atoms with van der Waals surface area (Å²) >= 11 is 0. The fourth-order valence-corrected chi connectivity index (χ4v) is 4.39. The van der Waals surface area contributed by atoms with Gasteiger partial charge in [-0.2, -0.15) is 0 Å². The summed E-state index contributed by atoms with van der Waals surface area (Å²) in [6.07, 6.45) is 2.69. The number of benzene rings is 2. The fraction of sp³-hybridized carbons (Fsp3) is 0.269. The second-order valence-corrected chi connectivity index (χ2v) is 8.53. The first kappa shape index (κ1) is 21.9. The van der Waals surface area contributed by atoms with Crippen LogP contribution in [-0.2, 0) is 13.0 Å². The molecular weight excluding hydrogens is 428 g/mol. The highest BCUT2D eigenvalue weighted by molar-refractivity contribution is 5.89. The first-order chi connectivity index (χ1) is 16.7. The topological polar surface area (TPSA) is 86.3 Å². The number of aromatic nitrogens is 3. The van der Waals surface area contributed by atoms with Gasteiger partial charge in [-0.05, 0) is 41.8 Å². The normalized spacial score (nSPS) is 14.4. The molecule has 1 aliphatic rings. The Balaban J connectivity index is 1.22. The monoisotopic (exact) mass is 456 g/mol. The minimum Gasteiger partial charge on any atom is -0.354 e. The molecule has 0 spiro atoms. The molecule has 8 nitrogen and oxygen atoms in total. The van der Waals surface area contributed by atoms with E-state index in [0.717, 1.165) is 56.1 Å². The van der Waals surface area contributed by atoms with Crippen LogP contribution >= 0.6 is 0 Å². The molecule has 0 atom stereocenters. The van der Waals surface area contributed by atoms with Gasteiger partial charge in [0.05, 0.1) is 11.0 Å². The van der Waals surface area contributed by atoms with Crippen LogP contribution in [0.4, 0.5) is 10.6 Å². The summed E-state index contributed by atoms with van der Waals surface area (Å²) in [5.74, 6) is 1.03. The number of hydrogen-bond acceptors (Lipinski definition) is 5. The number of carbonyl (C=O) groups is 1. The van der Waals surface area contributed by atoms with Gasteiger partial charge >= 0.3 is 11.7 Å². The van der Waals surface area contributed by atoms with Gasteiger partial charge in [0.25, 0.3) is 0 Å².